The molecular formula is C97H92Cl2N12O19. The second kappa shape index (κ2) is 40.7. The molecular weight excluding hydrogens is 1710 g/mol. The third-order valence-electron chi connectivity index (χ3n) is 20.4. The van der Waals surface area contributed by atoms with Crippen molar-refractivity contribution in [3.05, 3.63) is 263 Å². The molecule has 130 heavy (non-hydrogen) atoms. The topological polar surface area (TPSA) is 436 Å². The number of H-pyrrole nitrogens is 4. The summed E-state index contributed by atoms with van der Waals surface area (Å²) in [5.41, 5.74) is 19.0. The number of nitrogens with one attached hydrogen (secondary N) is 7. The molecule has 31 nitrogen and oxygen atoms in total. The van der Waals surface area contributed by atoms with Crippen LogP contribution in [0, 0.1) is 13.8 Å². The van der Waals surface area contributed by atoms with Gasteiger partial charge in [-0.25, -0.2) is 29.1 Å². The smallest absolute Gasteiger partial charge is 0.414 e. The molecule has 8 heterocycles. The zero-order valence-electron chi connectivity index (χ0n) is 72.2. The zero-order valence-corrected chi connectivity index (χ0v) is 73.7. The minimum absolute atomic E-state index is 0.0527. The number of alkyl halides is 2. The second-order valence-corrected chi connectivity index (χ2v) is 31.3. The van der Waals surface area contributed by atoms with E-state index in [2.05, 4.69) is 45.9 Å². The van der Waals surface area contributed by atoms with Gasteiger partial charge >= 0.3 is 24.0 Å². The number of esters is 2. The number of rotatable bonds is 20. The van der Waals surface area contributed by atoms with Gasteiger partial charge in [0, 0.05) is 158 Å². The number of ether oxygens (including phenoxy) is 6. The number of halogens is 2. The molecule has 0 fully saturated rings. The van der Waals surface area contributed by atoms with Crippen LogP contribution in [-0.4, -0.2) is 158 Å². The number of phenolic OH excluding ortho intramolecular Hbond substituents is 2. The summed E-state index contributed by atoms with van der Waals surface area (Å²) in [4.78, 5) is 121. The first kappa shape index (κ1) is 91.9. The number of aromatic carboxylic acids is 1. The molecule has 0 radical (unpaired) electrons. The fraction of sp³-hybridized carbons (Fsp3) is 0.196. The van der Waals surface area contributed by atoms with Crippen molar-refractivity contribution in [1.82, 2.24) is 29.9 Å². The van der Waals surface area contributed by atoms with Crippen LogP contribution in [0.4, 0.5) is 38.9 Å². The first-order valence-corrected chi connectivity index (χ1v) is 41.9. The Hall–Kier alpha value is -15.8. The number of oxazole rings is 2. The summed E-state index contributed by atoms with van der Waals surface area (Å²) in [6, 6.07) is 53.2. The van der Waals surface area contributed by atoms with Crippen LogP contribution in [0.5, 0.6) is 28.7 Å². The summed E-state index contributed by atoms with van der Waals surface area (Å²) in [6.45, 7) is 13.8. The Labute approximate surface area is 753 Å². The number of hydrogen-bond acceptors (Lipinski definition) is 21. The maximum absolute atomic E-state index is 13.7. The van der Waals surface area contributed by atoms with Crippen LogP contribution in [0.1, 0.15) is 128 Å². The van der Waals surface area contributed by atoms with E-state index in [0.29, 0.717) is 128 Å². The van der Waals surface area contributed by atoms with Crippen LogP contribution in [0.3, 0.4) is 0 Å². The van der Waals surface area contributed by atoms with Crippen LogP contribution in [0.2, 0.25) is 0 Å². The lowest BCUT2D eigenvalue weighted by molar-refractivity contribution is -0.112. The summed E-state index contributed by atoms with van der Waals surface area (Å²) in [7, 11) is 4.80. The lowest BCUT2D eigenvalue weighted by atomic mass is 10.0. The number of nitrogens with zero attached hydrogens (tertiary/aromatic N) is 4. The number of nitrogen functional groups attached to an aromatic ring is 1. The van der Waals surface area contributed by atoms with Crippen molar-refractivity contribution in [3.8, 4) is 28.7 Å². The number of fused-ring (bicyclic) bond motifs is 10. The summed E-state index contributed by atoms with van der Waals surface area (Å²) in [5.74, 6) is 0.527. The molecule has 0 saturated heterocycles. The van der Waals surface area contributed by atoms with Gasteiger partial charge in [-0.15, -0.1) is 23.2 Å². The maximum atomic E-state index is 13.7. The number of carboxylic acid groups (broad SMARTS) is 1. The number of nitrogens with two attached hydrogens (primary N) is 1. The summed E-state index contributed by atoms with van der Waals surface area (Å²) in [5, 5.41) is 41.4. The number of carbonyl (C=O) groups is 8. The van der Waals surface area contributed by atoms with E-state index in [9.17, 15) is 48.6 Å². The van der Waals surface area contributed by atoms with Crippen LogP contribution in [0.15, 0.2) is 209 Å². The van der Waals surface area contributed by atoms with Crippen molar-refractivity contribution in [2.45, 2.75) is 65.9 Å². The van der Waals surface area contributed by atoms with Gasteiger partial charge in [0.1, 0.15) is 56.7 Å². The predicted molar refractivity (Wildman–Crippen MR) is 501 cm³/mol. The van der Waals surface area contributed by atoms with E-state index in [4.69, 9.17) is 71.3 Å². The normalized spacial score (nSPS) is 13.2. The van der Waals surface area contributed by atoms with Crippen molar-refractivity contribution in [1.29, 1.82) is 0 Å². The van der Waals surface area contributed by atoms with Crippen molar-refractivity contribution < 1.29 is 90.9 Å². The van der Waals surface area contributed by atoms with Gasteiger partial charge in [-0.2, -0.15) is 0 Å². The lowest BCUT2D eigenvalue weighted by Crippen LogP contribution is -2.36. The predicted octanol–water partition coefficient (Wildman–Crippen LogP) is 19.3. The van der Waals surface area contributed by atoms with Gasteiger partial charge in [0.2, 0.25) is 17.7 Å². The molecule has 6 aromatic heterocycles. The number of phenols is 2. The van der Waals surface area contributed by atoms with Crippen molar-refractivity contribution >= 4 is 189 Å². The highest BCUT2D eigenvalue weighted by Gasteiger charge is 2.40. The summed E-state index contributed by atoms with van der Waals surface area (Å²) >= 11 is 12.4. The van der Waals surface area contributed by atoms with E-state index in [0.717, 1.165) is 77.8 Å². The molecule has 0 spiro atoms. The molecule has 2 atom stereocenters. The Bertz CT molecular complexity index is 6850. The number of aryl methyl sites for hydroxylation is 2. The molecule has 9 aromatic carbocycles. The minimum Gasteiger partial charge on any atom is -0.504 e. The highest BCUT2D eigenvalue weighted by Crippen LogP contribution is 2.48. The van der Waals surface area contributed by atoms with Gasteiger partial charge in [0.05, 0.1) is 45.9 Å². The van der Waals surface area contributed by atoms with Gasteiger partial charge in [-0.05, 0) is 203 Å². The Morgan fingerprint density at radius 3 is 1.20 bits per heavy atom. The Morgan fingerprint density at radius 2 is 0.831 bits per heavy atom. The number of aromatic nitrogens is 6. The standard InChI is InChI=1S/C30H25ClN4O5.C21H20N2O4.C19H16N2O4.C16H19ClN2O4.C11H12N2O2/c1-16-32-28-27-19(14-31)15-35(24(27)13-25(36)29(28)40-16)30(38)23-12-18-11-20(6-9-22(18)34-23)33-26(37)10-5-17-3-7-21(39-2)8-4-17;1-3-27-21(25)19-13-15-12-16(7-10-18(15)23-19)22-20(24)11-6-14-4-8-17(26-2)9-5-14;1-25-15-6-2-12(3-7-15)4-9-18(22)20-14-5-8-16-13(10-14)11-17(21-16)19(23)24;1-8-18-13-12-9(6-17)7-19(15(21)23-16(2,3)4)10(12)5-11(20)14(13)22-8;1-2-15-11(14)10-6-7-5-8(12)3-4-9(7)13-10/h3-13,19,34,36H,14-15H2,1-2H3,(H,33,37);4-13,23H,3H2,1-2H3,(H,22,24);2-11,21H,1H3,(H,20,22)(H,23,24);5,9,20H,6-7H2,1-4H3;3-6,13H,2,12H2,1H3/b10-5+;11-6+;9-4+;;. The lowest BCUT2D eigenvalue weighted by Gasteiger charge is -2.25. The largest absolute Gasteiger partial charge is 0.504 e. The van der Waals surface area contributed by atoms with Gasteiger partial charge in [-0.3, -0.25) is 24.1 Å². The molecule has 668 valence electrons. The molecule has 2 aliphatic rings. The number of amides is 5. The Kier molecular flexibility index (Phi) is 28.8. The highest BCUT2D eigenvalue weighted by molar-refractivity contribution is 6.20. The molecule has 17 rings (SSSR count). The highest BCUT2D eigenvalue weighted by atomic mass is 35.5. The van der Waals surface area contributed by atoms with E-state index in [1.165, 1.54) is 41.3 Å². The van der Waals surface area contributed by atoms with Crippen LogP contribution in [0.25, 0.3) is 84.0 Å². The number of aromatic amines is 4. The van der Waals surface area contributed by atoms with Crippen LogP contribution < -0.4 is 45.7 Å². The zero-order chi connectivity index (χ0) is 92.8. The molecule has 15 aromatic rings. The SMILES string of the molecule is CCOC(=O)c1cc2cc(N)ccc2[nH]1.CCOC(=O)c1cc2cc(NC(=O)/C=C/c3ccc(OC)cc3)ccc2[nH]1.COc1ccc(/C=C/C(=O)Nc2ccc3[nH]c(C(=O)N4CC(CCl)c5c4cc(O)c4oc(C)nc54)cc3c2)cc1.COc1ccc(/C=C/C(=O)Nc2ccc3[nH]c(C(=O)O)cc3c2)cc1.Cc1nc2c3c(cc(O)c2o1)N(C(=O)OC(C)(C)C)CC3CCl. The molecule has 33 heteroatoms. The molecule has 0 bridgehead atoms. The second-order valence-electron chi connectivity index (χ2n) is 30.7. The Balaban J connectivity index is 0.000000143. The molecule has 2 unspecified atom stereocenters. The fourth-order valence-corrected chi connectivity index (χ4v) is 14.9. The number of carboxylic acids is 1. The quantitative estimate of drug-likeness (QED) is 0.0111. The number of methoxy groups -OCH3 is 3. The molecule has 0 aliphatic carbocycles. The van der Waals surface area contributed by atoms with E-state index in [1.807, 2.05) is 112 Å². The van der Waals surface area contributed by atoms with Gasteiger partial charge in [-0.1, -0.05) is 36.4 Å². The van der Waals surface area contributed by atoms with Gasteiger partial charge in [0.15, 0.2) is 34.4 Å². The first-order chi connectivity index (χ1) is 62.4. The van der Waals surface area contributed by atoms with E-state index in [1.54, 1.807) is 145 Å². The van der Waals surface area contributed by atoms with Crippen LogP contribution in [-0.2, 0) is 28.6 Å². The molecule has 5 amide bonds. The first-order valence-electron chi connectivity index (χ1n) is 40.8. The minimum atomic E-state index is -1.02. The number of hydrogen-bond donors (Lipinski definition) is 11. The van der Waals surface area contributed by atoms with E-state index >= 15 is 0 Å². The number of carbonyl (C=O) groups excluding carboxylic acids is 7. The van der Waals surface area contributed by atoms with E-state index in [-0.39, 0.29) is 64.5 Å². The monoisotopic (exact) mass is 1800 g/mol. The molecule has 2 aliphatic heterocycles. The Morgan fingerprint density at radius 1 is 0.485 bits per heavy atom. The summed E-state index contributed by atoms with van der Waals surface area (Å²) in [6.07, 6.45) is 9.03. The van der Waals surface area contributed by atoms with Gasteiger partial charge < -0.3 is 99.1 Å². The third kappa shape index (κ3) is 22.2. The number of anilines is 6. The average Bonchev–Trinajstić information content (AvgIpc) is 1.62. The third-order valence-corrected chi connectivity index (χ3v) is 21.1. The average molecular weight is 1800 g/mol. The fourth-order valence-electron chi connectivity index (χ4n) is 14.4. The molecule has 0 saturated carbocycles. The van der Waals surface area contributed by atoms with Gasteiger partial charge in [0.25, 0.3) is 5.91 Å². The summed E-state index contributed by atoms with van der Waals surface area (Å²) < 4.78 is 41.7. The van der Waals surface area contributed by atoms with Crippen molar-refractivity contribution in [2.24, 2.45) is 0 Å². The number of aromatic hydroxyl groups is 2. The maximum Gasteiger partial charge on any atom is 0.414 e. The van der Waals surface area contributed by atoms with Crippen molar-refractivity contribution in [2.75, 3.05) is 90.9 Å². The van der Waals surface area contributed by atoms with Crippen LogP contribution >= 0.6 is 23.2 Å². The molecule has 12 N–H and O–H groups in total. The number of benzene rings is 9. The van der Waals surface area contributed by atoms with Crippen molar-refractivity contribution in [3.63, 3.8) is 0 Å². The van der Waals surface area contributed by atoms with E-state index < -0.39 is 23.6 Å².